The van der Waals surface area contributed by atoms with Crippen molar-refractivity contribution in [2.24, 2.45) is 17.8 Å². The summed E-state index contributed by atoms with van der Waals surface area (Å²) in [5, 5.41) is 0. The molecule has 0 amide bonds. The molecule has 158 valence electrons. The summed E-state index contributed by atoms with van der Waals surface area (Å²) in [5.74, 6) is 2.60. The van der Waals surface area contributed by atoms with Crippen molar-refractivity contribution in [1.29, 1.82) is 0 Å². The van der Waals surface area contributed by atoms with Crippen molar-refractivity contribution in [2.45, 2.75) is 89.6 Å². The minimum absolute atomic E-state index is 0.763. The maximum Gasteiger partial charge on any atom is 0.0172 e. The van der Waals surface area contributed by atoms with Crippen molar-refractivity contribution in [1.82, 2.24) is 4.90 Å². The summed E-state index contributed by atoms with van der Waals surface area (Å²) in [4.78, 5) is 2.94. The van der Waals surface area contributed by atoms with Gasteiger partial charge in [-0.05, 0) is 88.9 Å². The van der Waals surface area contributed by atoms with Gasteiger partial charge in [0, 0.05) is 18.6 Å². The quantitative estimate of drug-likeness (QED) is 0.337. The Morgan fingerprint density at radius 2 is 1.86 bits per heavy atom. The van der Waals surface area contributed by atoms with Gasteiger partial charge in [0.05, 0.1) is 0 Å². The van der Waals surface area contributed by atoms with E-state index >= 15 is 0 Å². The summed E-state index contributed by atoms with van der Waals surface area (Å²) in [6.45, 7) is 3.24. The van der Waals surface area contributed by atoms with Gasteiger partial charge in [0.15, 0.2) is 0 Å². The van der Waals surface area contributed by atoms with Crippen LogP contribution in [-0.2, 0) is 0 Å². The Balaban J connectivity index is 1.45. The lowest BCUT2D eigenvalue weighted by atomic mass is 9.70. The Hall–Kier alpha value is -1.34. The maximum absolute atomic E-state index is 2.94. The molecule has 0 N–H and O–H groups in total. The molecule has 0 aliphatic heterocycles. The van der Waals surface area contributed by atoms with Crippen molar-refractivity contribution >= 4 is 0 Å². The summed E-state index contributed by atoms with van der Waals surface area (Å²) in [7, 11) is 0. The van der Waals surface area contributed by atoms with Gasteiger partial charge in [0.1, 0.15) is 0 Å². The average molecular weight is 392 g/mol. The Morgan fingerprint density at radius 3 is 2.66 bits per heavy atom. The van der Waals surface area contributed by atoms with Gasteiger partial charge in [-0.3, -0.25) is 4.90 Å². The van der Waals surface area contributed by atoms with Crippen molar-refractivity contribution in [3.05, 3.63) is 60.3 Å². The van der Waals surface area contributed by atoms with Gasteiger partial charge >= 0.3 is 0 Å². The summed E-state index contributed by atoms with van der Waals surface area (Å²) in [6, 6.07) is 1.54. The van der Waals surface area contributed by atoms with Crippen molar-refractivity contribution in [3.8, 4) is 0 Å². The Kier molecular flexibility index (Phi) is 7.66. The first kappa shape index (κ1) is 20.9. The standard InChI is InChI=1S/C28H41N/c1-2-3-4-10-22-29(28-17-11-15-25-14-8-9-16-27(25)28)26-20-18-24(19-21-26)23-12-6-5-7-13-23/h2-6,9-10,12,16,24-28H,7-8,11,13-15,17-22H2,1H3/b3-2-,10-4-. The molecule has 3 unspecified atom stereocenters. The fourth-order valence-electron chi connectivity index (χ4n) is 6.53. The minimum Gasteiger partial charge on any atom is -0.293 e. The highest BCUT2D eigenvalue weighted by Gasteiger charge is 2.39. The molecule has 0 heterocycles. The van der Waals surface area contributed by atoms with Gasteiger partial charge in [0.2, 0.25) is 0 Å². The van der Waals surface area contributed by atoms with Gasteiger partial charge in [-0.1, -0.05) is 66.7 Å². The highest BCUT2D eigenvalue weighted by molar-refractivity contribution is 5.20. The predicted octanol–water partition coefficient (Wildman–Crippen LogP) is 7.39. The van der Waals surface area contributed by atoms with Crippen molar-refractivity contribution in [2.75, 3.05) is 6.54 Å². The fourth-order valence-corrected chi connectivity index (χ4v) is 6.53. The molecule has 0 saturated heterocycles. The molecule has 0 aromatic rings. The first-order valence-corrected chi connectivity index (χ1v) is 12.4. The van der Waals surface area contributed by atoms with E-state index in [1.807, 2.05) is 0 Å². The summed E-state index contributed by atoms with van der Waals surface area (Å²) >= 11 is 0. The van der Waals surface area contributed by atoms with Crippen molar-refractivity contribution < 1.29 is 0 Å². The Morgan fingerprint density at radius 1 is 0.966 bits per heavy atom. The number of nitrogens with zero attached hydrogens (tertiary/aromatic N) is 1. The van der Waals surface area contributed by atoms with E-state index in [1.165, 1.54) is 70.6 Å². The zero-order valence-electron chi connectivity index (χ0n) is 18.5. The average Bonchev–Trinajstić information content (AvgIpc) is 2.80. The van der Waals surface area contributed by atoms with Gasteiger partial charge < -0.3 is 0 Å². The highest BCUT2D eigenvalue weighted by atomic mass is 15.2. The molecular weight excluding hydrogens is 350 g/mol. The molecule has 0 aromatic carbocycles. The molecule has 2 fully saturated rings. The van der Waals surface area contributed by atoms with E-state index in [4.69, 9.17) is 0 Å². The SMILES string of the molecule is C/C=C\C=C/CN(C1CCC(C2=CC=CCC2)CC1)C1CCCC2CCC=CC21. The summed E-state index contributed by atoms with van der Waals surface area (Å²) in [5.41, 5.74) is 1.73. The van der Waals surface area contributed by atoms with E-state index in [0.717, 1.165) is 36.4 Å². The first-order chi connectivity index (χ1) is 14.4. The molecule has 3 atom stereocenters. The third-order valence-corrected chi connectivity index (χ3v) is 8.04. The normalized spacial score (nSPS) is 35.4. The number of rotatable bonds is 6. The zero-order chi connectivity index (χ0) is 19.9. The van der Waals surface area contributed by atoms with Crippen LogP contribution in [0.2, 0.25) is 0 Å². The Bertz CT molecular complexity index is 656. The maximum atomic E-state index is 2.94. The molecule has 4 aliphatic carbocycles. The van der Waals surface area contributed by atoms with Crippen LogP contribution in [-0.4, -0.2) is 23.5 Å². The van der Waals surface area contributed by atoms with Crippen molar-refractivity contribution in [3.63, 3.8) is 0 Å². The van der Waals surface area contributed by atoms with E-state index in [2.05, 4.69) is 66.5 Å². The van der Waals surface area contributed by atoms with Crippen LogP contribution in [0.25, 0.3) is 0 Å². The van der Waals surface area contributed by atoms with E-state index in [9.17, 15) is 0 Å². The molecular formula is C28H41N. The lowest BCUT2D eigenvalue weighted by molar-refractivity contribution is 0.0396. The van der Waals surface area contributed by atoms with E-state index in [-0.39, 0.29) is 0 Å². The molecule has 1 nitrogen and oxygen atoms in total. The summed E-state index contributed by atoms with van der Waals surface area (Å²) in [6.07, 6.45) is 36.3. The third kappa shape index (κ3) is 5.23. The molecule has 29 heavy (non-hydrogen) atoms. The Labute approximate surface area is 179 Å². The molecule has 2 saturated carbocycles. The van der Waals surface area contributed by atoms with Gasteiger partial charge in [-0.2, -0.15) is 0 Å². The van der Waals surface area contributed by atoms with Crippen LogP contribution in [0, 0.1) is 17.8 Å². The zero-order valence-corrected chi connectivity index (χ0v) is 18.5. The van der Waals surface area contributed by atoms with Crippen LogP contribution in [0.4, 0.5) is 0 Å². The molecule has 4 rings (SSSR count). The minimum atomic E-state index is 0.763. The summed E-state index contributed by atoms with van der Waals surface area (Å²) < 4.78 is 0. The number of hydrogen-bond donors (Lipinski definition) is 0. The van der Waals surface area contributed by atoms with Crippen LogP contribution in [0.15, 0.2) is 60.3 Å². The van der Waals surface area contributed by atoms with Gasteiger partial charge in [-0.15, -0.1) is 0 Å². The topological polar surface area (TPSA) is 3.24 Å². The highest BCUT2D eigenvalue weighted by Crippen LogP contribution is 2.42. The van der Waals surface area contributed by atoms with E-state index < -0.39 is 0 Å². The van der Waals surface area contributed by atoms with Gasteiger partial charge in [-0.25, -0.2) is 0 Å². The number of allylic oxidation sites excluding steroid dienone is 8. The van der Waals surface area contributed by atoms with Crippen LogP contribution in [0.1, 0.15) is 77.6 Å². The molecule has 0 aromatic heterocycles. The lowest BCUT2D eigenvalue weighted by Gasteiger charge is -2.48. The second kappa shape index (κ2) is 10.6. The van der Waals surface area contributed by atoms with Crippen LogP contribution in [0.3, 0.4) is 0 Å². The van der Waals surface area contributed by atoms with E-state index in [0.29, 0.717) is 0 Å². The van der Waals surface area contributed by atoms with Crippen LogP contribution < -0.4 is 0 Å². The largest absolute Gasteiger partial charge is 0.293 e. The predicted molar refractivity (Wildman–Crippen MR) is 126 cm³/mol. The smallest absolute Gasteiger partial charge is 0.0172 e. The molecule has 0 radical (unpaired) electrons. The molecule has 4 aliphatic rings. The number of fused-ring (bicyclic) bond motifs is 1. The number of hydrogen-bond acceptors (Lipinski definition) is 1. The first-order valence-electron chi connectivity index (χ1n) is 12.4. The molecule has 0 bridgehead atoms. The second-order valence-corrected chi connectivity index (χ2v) is 9.71. The van der Waals surface area contributed by atoms with E-state index in [1.54, 1.807) is 5.57 Å². The van der Waals surface area contributed by atoms with Crippen LogP contribution >= 0.6 is 0 Å². The third-order valence-electron chi connectivity index (χ3n) is 8.04. The van der Waals surface area contributed by atoms with Gasteiger partial charge in [0.25, 0.3) is 0 Å². The second-order valence-electron chi connectivity index (χ2n) is 9.71. The monoisotopic (exact) mass is 391 g/mol. The molecule has 1 heteroatoms. The van der Waals surface area contributed by atoms with Crippen LogP contribution in [0.5, 0.6) is 0 Å². The lowest BCUT2D eigenvalue weighted by Crippen LogP contribution is -2.51. The molecule has 0 spiro atoms. The fraction of sp³-hybridized carbons (Fsp3) is 0.643.